The van der Waals surface area contributed by atoms with Crippen LogP contribution in [0.5, 0.6) is 0 Å². The summed E-state index contributed by atoms with van der Waals surface area (Å²) in [5, 5.41) is 9.17. The van der Waals surface area contributed by atoms with Crippen molar-refractivity contribution in [1.82, 2.24) is 0 Å². The summed E-state index contributed by atoms with van der Waals surface area (Å²) in [5.41, 5.74) is 0.952. The van der Waals surface area contributed by atoms with Gasteiger partial charge in [-0.2, -0.15) is 11.8 Å². The monoisotopic (exact) mass is 286 g/mol. The Morgan fingerprint density at radius 1 is 1.28 bits per heavy atom. The number of primary sulfonamides is 1. The molecule has 0 aliphatic heterocycles. The number of anilines is 1. The summed E-state index contributed by atoms with van der Waals surface area (Å²) in [6.07, 6.45) is 5.80. The Kier molecular flexibility index (Phi) is 4.19. The number of nitrogens with one attached hydrogen (secondary N) is 1. The number of rotatable bonds is 4. The molecule has 1 saturated carbocycles. The van der Waals surface area contributed by atoms with Gasteiger partial charge in [0.25, 0.3) is 0 Å². The van der Waals surface area contributed by atoms with Crippen LogP contribution in [0.25, 0.3) is 0 Å². The summed E-state index contributed by atoms with van der Waals surface area (Å²) in [6.45, 7) is 0. The van der Waals surface area contributed by atoms with Crippen LogP contribution in [0.4, 0.5) is 5.69 Å². The molecular formula is C12H18N2O2S2. The lowest BCUT2D eigenvalue weighted by Crippen LogP contribution is -2.25. The molecule has 0 radical (unpaired) electrons. The van der Waals surface area contributed by atoms with E-state index in [1.165, 1.54) is 19.3 Å². The van der Waals surface area contributed by atoms with Gasteiger partial charge in [0.15, 0.2) is 0 Å². The number of hydrogen-bond acceptors (Lipinski definition) is 4. The number of sulfonamides is 1. The SMILES string of the molecule is CSC1CCCC1Nc1ccc(S(N)(=O)=O)cc1. The minimum Gasteiger partial charge on any atom is -0.381 e. The van der Waals surface area contributed by atoms with Crippen molar-refractivity contribution in [2.75, 3.05) is 11.6 Å². The van der Waals surface area contributed by atoms with Gasteiger partial charge in [0.05, 0.1) is 4.90 Å². The smallest absolute Gasteiger partial charge is 0.238 e. The second-order valence-corrected chi connectivity index (χ2v) is 7.16. The molecule has 100 valence electrons. The Bertz CT molecular complexity index is 499. The van der Waals surface area contributed by atoms with Crippen LogP contribution in [0.15, 0.2) is 29.2 Å². The van der Waals surface area contributed by atoms with Gasteiger partial charge in [-0.1, -0.05) is 6.42 Å². The van der Waals surface area contributed by atoms with Crippen LogP contribution in [0.3, 0.4) is 0 Å². The van der Waals surface area contributed by atoms with E-state index < -0.39 is 10.0 Å². The lowest BCUT2D eigenvalue weighted by Gasteiger charge is -2.20. The molecule has 2 rings (SSSR count). The molecule has 1 aliphatic rings. The van der Waals surface area contributed by atoms with Crippen LogP contribution < -0.4 is 10.5 Å². The molecule has 0 bridgehead atoms. The Morgan fingerprint density at radius 2 is 1.94 bits per heavy atom. The molecule has 1 aromatic carbocycles. The van der Waals surface area contributed by atoms with Gasteiger partial charge in [0.2, 0.25) is 10.0 Å². The first-order valence-corrected chi connectivity index (χ1v) is 8.76. The molecule has 1 aromatic rings. The molecule has 1 aliphatic carbocycles. The zero-order valence-electron chi connectivity index (χ0n) is 10.3. The fraction of sp³-hybridized carbons (Fsp3) is 0.500. The van der Waals surface area contributed by atoms with E-state index in [4.69, 9.17) is 5.14 Å². The van der Waals surface area contributed by atoms with E-state index in [0.29, 0.717) is 11.3 Å². The highest BCUT2D eigenvalue weighted by molar-refractivity contribution is 7.99. The van der Waals surface area contributed by atoms with Crippen molar-refractivity contribution in [3.8, 4) is 0 Å². The Labute approximate surface area is 112 Å². The van der Waals surface area contributed by atoms with Gasteiger partial charge in [-0.3, -0.25) is 0 Å². The molecule has 1 fully saturated rings. The van der Waals surface area contributed by atoms with Crippen LogP contribution in [0.1, 0.15) is 19.3 Å². The summed E-state index contributed by atoms with van der Waals surface area (Å²) in [6, 6.07) is 7.10. The summed E-state index contributed by atoms with van der Waals surface area (Å²) in [4.78, 5) is 0.154. The molecule has 0 amide bonds. The van der Waals surface area contributed by atoms with Gasteiger partial charge in [-0.25, -0.2) is 13.6 Å². The van der Waals surface area contributed by atoms with Crippen LogP contribution in [-0.4, -0.2) is 26.0 Å². The first-order chi connectivity index (χ1) is 8.50. The minimum atomic E-state index is -3.59. The molecule has 2 unspecified atom stereocenters. The largest absolute Gasteiger partial charge is 0.381 e. The zero-order chi connectivity index (χ0) is 13.2. The molecule has 2 atom stereocenters. The van der Waals surface area contributed by atoms with E-state index in [1.54, 1.807) is 24.3 Å². The zero-order valence-corrected chi connectivity index (χ0v) is 11.9. The average molecular weight is 286 g/mol. The van der Waals surface area contributed by atoms with Gasteiger partial charge in [0, 0.05) is 17.0 Å². The first kappa shape index (κ1) is 13.7. The maximum absolute atomic E-state index is 11.1. The van der Waals surface area contributed by atoms with Gasteiger partial charge >= 0.3 is 0 Å². The van der Waals surface area contributed by atoms with E-state index in [9.17, 15) is 8.42 Å². The van der Waals surface area contributed by atoms with Crippen molar-refractivity contribution in [2.24, 2.45) is 5.14 Å². The summed E-state index contributed by atoms with van der Waals surface area (Å²) in [7, 11) is -3.59. The van der Waals surface area contributed by atoms with Crippen molar-refractivity contribution in [3.63, 3.8) is 0 Å². The molecule has 4 nitrogen and oxygen atoms in total. The number of benzene rings is 1. The van der Waals surface area contributed by atoms with Gasteiger partial charge in [0.1, 0.15) is 0 Å². The topological polar surface area (TPSA) is 72.2 Å². The van der Waals surface area contributed by atoms with Crippen molar-refractivity contribution < 1.29 is 8.42 Å². The second kappa shape index (κ2) is 5.50. The van der Waals surface area contributed by atoms with Gasteiger partial charge in [-0.05, 0) is 43.4 Å². The minimum absolute atomic E-state index is 0.154. The fourth-order valence-electron chi connectivity index (χ4n) is 2.33. The second-order valence-electron chi connectivity index (χ2n) is 4.53. The van der Waals surface area contributed by atoms with E-state index in [1.807, 2.05) is 11.8 Å². The van der Waals surface area contributed by atoms with Crippen LogP contribution in [-0.2, 0) is 10.0 Å². The Hall–Kier alpha value is -0.720. The standard InChI is InChI=1S/C12H18N2O2S2/c1-17-12-4-2-3-11(12)14-9-5-7-10(8-6-9)18(13,15)16/h5-8,11-12,14H,2-4H2,1H3,(H2,13,15,16). The van der Waals surface area contributed by atoms with Gasteiger partial charge in [-0.15, -0.1) is 0 Å². The maximum Gasteiger partial charge on any atom is 0.238 e. The van der Waals surface area contributed by atoms with Crippen molar-refractivity contribution >= 4 is 27.5 Å². The number of hydrogen-bond donors (Lipinski definition) is 2. The van der Waals surface area contributed by atoms with Crippen LogP contribution >= 0.6 is 11.8 Å². The van der Waals surface area contributed by atoms with E-state index in [2.05, 4.69) is 11.6 Å². The predicted octanol–water partition coefficient (Wildman–Crippen LogP) is 2.03. The molecule has 0 spiro atoms. The molecule has 0 heterocycles. The average Bonchev–Trinajstić information content (AvgIpc) is 2.76. The van der Waals surface area contributed by atoms with Crippen molar-refractivity contribution in [1.29, 1.82) is 0 Å². The van der Waals surface area contributed by atoms with E-state index in [0.717, 1.165) is 5.69 Å². The maximum atomic E-state index is 11.1. The summed E-state index contributed by atoms with van der Waals surface area (Å²) >= 11 is 1.89. The third-order valence-corrected chi connectivity index (χ3v) is 5.39. The number of thioether (sulfide) groups is 1. The molecule has 6 heteroatoms. The quantitative estimate of drug-likeness (QED) is 0.888. The Morgan fingerprint density at radius 3 is 2.50 bits per heavy atom. The highest BCUT2D eigenvalue weighted by Crippen LogP contribution is 2.30. The molecular weight excluding hydrogens is 268 g/mol. The molecule has 0 saturated heterocycles. The van der Waals surface area contributed by atoms with Crippen LogP contribution in [0, 0.1) is 0 Å². The van der Waals surface area contributed by atoms with Gasteiger partial charge < -0.3 is 5.32 Å². The van der Waals surface area contributed by atoms with Crippen molar-refractivity contribution in [2.45, 2.75) is 35.4 Å². The normalized spacial score (nSPS) is 24.1. The third kappa shape index (κ3) is 3.18. The van der Waals surface area contributed by atoms with E-state index in [-0.39, 0.29) is 4.90 Å². The fourth-order valence-corrected chi connectivity index (χ4v) is 3.78. The van der Waals surface area contributed by atoms with Crippen molar-refractivity contribution in [3.05, 3.63) is 24.3 Å². The highest BCUT2D eigenvalue weighted by atomic mass is 32.2. The lowest BCUT2D eigenvalue weighted by atomic mass is 10.2. The van der Waals surface area contributed by atoms with Crippen LogP contribution in [0.2, 0.25) is 0 Å². The van der Waals surface area contributed by atoms with E-state index >= 15 is 0 Å². The Balaban J connectivity index is 2.07. The highest BCUT2D eigenvalue weighted by Gasteiger charge is 2.26. The molecule has 3 N–H and O–H groups in total. The lowest BCUT2D eigenvalue weighted by molar-refractivity contribution is 0.598. The molecule has 0 aromatic heterocycles. The molecule has 18 heavy (non-hydrogen) atoms. The predicted molar refractivity (Wildman–Crippen MR) is 76.4 cm³/mol. The first-order valence-electron chi connectivity index (χ1n) is 5.93. The summed E-state index contributed by atoms with van der Waals surface area (Å²) < 4.78 is 22.3. The third-order valence-electron chi connectivity index (χ3n) is 3.29. The summed E-state index contributed by atoms with van der Waals surface area (Å²) in [5.74, 6) is 0. The number of nitrogens with two attached hydrogens (primary N) is 1.